The summed E-state index contributed by atoms with van der Waals surface area (Å²) in [5.74, 6) is 1.58. The van der Waals surface area contributed by atoms with E-state index >= 15 is 0 Å². The van der Waals surface area contributed by atoms with Crippen molar-refractivity contribution in [1.82, 2.24) is 9.78 Å². The van der Waals surface area contributed by atoms with Crippen LogP contribution in [0.15, 0.2) is 28.9 Å². The van der Waals surface area contributed by atoms with Crippen LogP contribution >= 0.6 is 15.9 Å². The van der Waals surface area contributed by atoms with Crippen LogP contribution in [0.4, 0.5) is 0 Å². The molecule has 0 aliphatic heterocycles. The van der Waals surface area contributed by atoms with Gasteiger partial charge in [-0.3, -0.25) is 4.68 Å². The zero-order valence-electron chi connectivity index (χ0n) is 11.3. The zero-order chi connectivity index (χ0) is 13.8. The first-order chi connectivity index (χ1) is 9.21. The number of methoxy groups -OCH3 is 2. The van der Waals surface area contributed by atoms with Gasteiger partial charge >= 0.3 is 0 Å². The van der Waals surface area contributed by atoms with E-state index in [1.54, 1.807) is 14.2 Å². The van der Waals surface area contributed by atoms with Crippen LogP contribution in [0.3, 0.4) is 0 Å². The number of nitrogens with zero attached hydrogens (tertiary/aromatic N) is 2. The molecule has 0 spiro atoms. The maximum absolute atomic E-state index is 5.48. The third-order valence-electron chi connectivity index (χ3n) is 3.04. The van der Waals surface area contributed by atoms with E-state index in [1.807, 2.05) is 29.1 Å². The molecule has 0 aliphatic carbocycles. The molecule has 2 rings (SSSR count). The Morgan fingerprint density at radius 1 is 1.21 bits per heavy atom. The molecule has 0 saturated carbocycles. The number of ether oxygens (including phenoxy) is 2. The lowest BCUT2D eigenvalue weighted by Gasteiger charge is -2.13. The molecule has 0 unspecified atom stereocenters. The third kappa shape index (κ3) is 2.76. The lowest BCUT2D eigenvalue weighted by atomic mass is 10.1. The Balaban J connectivity index is 2.38. The van der Waals surface area contributed by atoms with Crippen LogP contribution in [0.5, 0.6) is 11.5 Å². The lowest BCUT2D eigenvalue weighted by Crippen LogP contribution is -2.04. The second-order valence-corrected chi connectivity index (χ2v) is 4.88. The van der Waals surface area contributed by atoms with Crippen molar-refractivity contribution in [2.45, 2.75) is 19.9 Å². The van der Waals surface area contributed by atoms with Crippen LogP contribution < -0.4 is 9.47 Å². The van der Waals surface area contributed by atoms with E-state index in [-0.39, 0.29) is 0 Å². The predicted molar refractivity (Wildman–Crippen MR) is 78.0 cm³/mol. The minimum atomic E-state index is 0.768. The van der Waals surface area contributed by atoms with Crippen molar-refractivity contribution in [3.63, 3.8) is 0 Å². The first kappa shape index (κ1) is 13.9. The summed E-state index contributed by atoms with van der Waals surface area (Å²) in [5, 5.41) is 4.28. The lowest BCUT2D eigenvalue weighted by molar-refractivity contribution is 0.386. The van der Waals surface area contributed by atoms with Crippen LogP contribution in [0, 0.1) is 0 Å². The van der Waals surface area contributed by atoms with E-state index in [9.17, 15) is 0 Å². The fraction of sp³-hybridized carbons (Fsp3) is 0.357. The monoisotopic (exact) mass is 324 g/mol. The van der Waals surface area contributed by atoms with Gasteiger partial charge in [0.15, 0.2) is 0 Å². The summed E-state index contributed by atoms with van der Waals surface area (Å²) in [6.07, 6.45) is 2.60. The molecule has 1 aromatic heterocycles. The molecule has 102 valence electrons. The first-order valence-corrected chi connectivity index (χ1v) is 6.90. The molecule has 1 aromatic carbocycles. The quantitative estimate of drug-likeness (QED) is 0.846. The van der Waals surface area contributed by atoms with Crippen molar-refractivity contribution in [2.24, 2.45) is 0 Å². The van der Waals surface area contributed by atoms with Crippen molar-refractivity contribution in [2.75, 3.05) is 14.2 Å². The Labute approximate surface area is 121 Å². The van der Waals surface area contributed by atoms with Crippen LogP contribution in [-0.2, 0) is 13.0 Å². The average Bonchev–Trinajstić information content (AvgIpc) is 2.86. The molecule has 4 nitrogen and oxygen atoms in total. The van der Waals surface area contributed by atoms with Crippen molar-refractivity contribution in [3.8, 4) is 11.5 Å². The van der Waals surface area contributed by atoms with Crippen molar-refractivity contribution in [1.29, 1.82) is 0 Å². The van der Waals surface area contributed by atoms with Crippen LogP contribution in [0.2, 0.25) is 0 Å². The highest BCUT2D eigenvalue weighted by Gasteiger charge is 2.14. The van der Waals surface area contributed by atoms with Gasteiger partial charge in [-0.25, -0.2) is 0 Å². The number of hydrogen-bond acceptors (Lipinski definition) is 3. The number of rotatable bonds is 5. The molecule has 5 heteroatoms. The van der Waals surface area contributed by atoms with Gasteiger partial charge in [0.05, 0.1) is 14.2 Å². The summed E-state index contributed by atoms with van der Waals surface area (Å²) in [5.41, 5.74) is 2.27. The third-order valence-corrected chi connectivity index (χ3v) is 3.79. The predicted octanol–water partition coefficient (Wildman–Crippen LogP) is 3.27. The van der Waals surface area contributed by atoms with E-state index in [1.165, 1.54) is 0 Å². The number of benzene rings is 1. The molecule has 0 bridgehead atoms. The minimum absolute atomic E-state index is 0.768. The zero-order valence-corrected chi connectivity index (χ0v) is 12.9. The molecule has 0 atom stereocenters. The Morgan fingerprint density at radius 3 is 2.63 bits per heavy atom. The fourth-order valence-corrected chi connectivity index (χ4v) is 2.80. The molecular formula is C14H17BrN2O2. The summed E-state index contributed by atoms with van der Waals surface area (Å²) in [7, 11) is 3.31. The molecule has 0 radical (unpaired) electrons. The molecule has 19 heavy (non-hydrogen) atoms. The number of halogens is 1. The van der Waals surface area contributed by atoms with E-state index in [2.05, 4.69) is 28.0 Å². The van der Waals surface area contributed by atoms with E-state index in [0.717, 1.165) is 40.2 Å². The summed E-state index contributed by atoms with van der Waals surface area (Å²) < 4.78 is 13.6. The van der Waals surface area contributed by atoms with Gasteiger partial charge in [-0.05, 0) is 35.0 Å². The summed E-state index contributed by atoms with van der Waals surface area (Å²) in [6, 6.07) is 5.99. The number of hydrogen-bond donors (Lipinski definition) is 0. The Kier molecular flexibility index (Phi) is 4.47. The van der Waals surface area contributed by atoms with Crippen LogP contribution in [0.1, 0.15) is 18.2 Å². The summed E-state index contributed by atoms with van der Waals surface area (Å²) >= 11 is 3.52. The molecule has 2 aromatic rings. The summed E-state index contributed by atoms with van der Waals surface area (Å²) in [4.78, 5) is 0. The summed E-state index contributed by atoms with van der Waals surface area (Å²) in [6.45, 7) is 2.94. The highest BCUT2D eigenvalue weighted by molar-refractivity contribution is 9.10. The smallest absolute Gasteiger partial charge is 0.140 e. The molecule has 0 amide bonds. The number of aryl methyl sites for hydroxylation is 1. The first-order valence-electron chi connectivity index (χ1n) is 6.11. The Hall–Kier alpha value is -1.49. The van der Waals surface area contributed by atoms with Gasteiger partial charge in [0, 0.05) is 30.4 Å². The topological polar surface area (TPSA) is 36.3 Å². The van der Waals surface area contributed by atoms with Gasteiger partial charge in [-0.1, -0.05) is 6.07 Å². The Morgan fingerprint density at radius 2 is 2.00 bits per heavy atom. The highest BCUT2D eigenvalue weighted by Crippen LogP contribution is 2.37. The molecule has 0 fully saturated rings. The second kappa shape index (κ2) is 6.10. The van der Waals surface area contributed by atoms with E-state index in [4.69, 9.17) is 9.47 Å². The largest absolute Gasteiger partial charge is 0.495 e. The van der Waals surface area contributed by atoms with Crippen molar-refractivity contribution >= 4 is 15.9 Å². The van der Waals surface area contributed by atoms with E-state index in [0.29, 0.717) is 0 Å². The average molecular weight is 325 g/mol. The van der Waals surface area contributed by atoms with Gasteiger partial charge in [0.25, 0.3) is 0 Å². The van der Waals surface area contributed by atoms with Crippen LogP contribution in [0.25, 0.3) is 0 Å². The van der Waals surface area contributed by atoms with Gasteiger partial charge in [-0.2, -0.15) is 5.10 Å². The maximum Gasteiger partial charge on any atom is 0.140 e. The van der Waals surface area contributed by atoms with Gasteiger partial charge in [0.2, 0.25) is 0 Å². The second-order valence-electron chi connectivity index (χ2n) is 4.09. The van der Waals surface area contributed by atoms with Gasteiger partial charge < -0.3 is 9.47 Å². The molecule has 0 saturated heterocycles. The van der Waals surface area contributed by atoms with Gasteiger partial charge in [0.1, 0.15) is 16.0 Å². The SMILES string of the molecule is CCn1nccc1Cc1ccc(OC)c(Br)c1OC. The molecular weight excluding hydrogens is 308 g/mol. The maximum atomic E-state index is 5.48. The van der Waals surface area contributed by atoms with E-state index < -0.39 is 0 Å². The molecule has 0 N–H and O–H groups in total. The fourth-order valence-electron chi connectivity index (χ4n) is 2.09. The standard InChI is InChI=1S/C14H17BrN2O2/c1-4-17-11(7-8-16-17)9-10-5-6-12(18-2)13(15)14(10)19-3/h5-8H,4,9H2,1-3H3. The molecule has 1 heterocycles. The van der Waals surface area contributed by atoms with Crippen molar-refractivity contribution < 1.29 is 9.47 Å². The van der Waals surface area contributed by atoms with Crippen LogP contribution in [-0.4, -0.2) is 24.0 Å². The van der Waals surface area contributed by atoms with Crippen molar-refractivity contribution in [3.05, 3.63) is 40.1 Å². The number of aromatic nitrogens is 2. The highest BCUT2D eigenvalue weighted by atomic mass is 79.9. The molecule has 0 aliphatic rings. The minimum Gasteiger partial charge on any atom is -0.495 e. The van der Waals surface area contributed by atoms with Gasteiger partial charge in [-0.15, -0.1) is 0 Å². The normalized spacial score (nSPS) is 10.5. The Bertz CT molecular complexity index is 567.